The monoisotopic (exact) mass is 274 g/mol. The highest BCUT2D eigenvalue weighted by Crippen LogP contribution is 2.13. The fourth-order valence-corrected chi connectivity index (χ4v) is 1.74. The summed E-state index contributed by atoms with van der Waals surface area (Å²) < 4.78 is 18.5. The Labute approximate surface area is 111 Å². The quantitative estimate of drug-likeness (QED) is 0.880. The fraction of sp³-hybridized carbons (Fsp3) is 0.417. The molecule has 1 atom stereocenters. The van der Waals surface area contributed by atoms with Crippen LogP contribution in [0.15, 0.2) is 24.3 Å². The van der Waals surface area contributed by atoms with Crippen molar-refractivity contribution in [3.8, 4) is 0 Å². The number of nitrogens with one attached hydrogen (secondary N) is 2. The van der Waals surface area contributed by atoms with Gasteiger partial charge in [-0.05, 0) is 12.1 Å². The second-order valence-corrected chi connectivity index (χ2v) is 3.96. The molecule has 2 rings (SSSR count). The highest BCUT2D eigenvalue weighted by atomic mass is 35.5. The number of anilines is 1. The first kappa shape index (κ1) is 14.9. The van der Waals surface area contributed by atoms with E-state index in [1.807, 2.05) is 0 Å². The summed E-state index contributed by atoms with van der Waals surface area (Å²) in [5, 5.41) is 5.72. The molecule has 0 radical (unpaired) electrons. The van der Waals surface area contributed by atoms with Crippen molar-refractivity contribution < 1.29 is 13.9 Å². The van der Waals surface area contributed by atoms with E-state index in [2.05, 4.69) is 10.6 Å². The van der Waals surface area contributed by atoms with Gasteiger partial charge in [-0.3, -0.25) is 4.79 Å². The second kappa shape index (κ2) is 7.31. The van der Waals surface area contributed by atoms with Crippen LogP contribution in [0.2, 0.25) is 0 Å². The van der Waals surface area contributed by atoms with Crippen molar-refractivity contribution in [3.05, 3.63) is 30.1 Å². The van der Waals surface area contributed by atoms with Crippen LogP contribution in [0.5, 0.6) is 0 Å². The zero-order chi connectivity index (χ0) is 12.1. The molecule has 1 saturated heterocycles. The number of morpholine rings is 1. The third kappa shape index (κ3) is 4.25. The van der Waals surface area contributed by atoms with Gasteiger partial charge in [-0.2, -0.15) is 0 Å². The number of amides is 1. The van der Waals surface area contributed by atoms with Gasteiger partial charge in [0.1, 0.15) is 5.82 Å². The topological polar surface area (TPSA) is 50.4 Å². The van der Waals surface area contributed by atoms with Crippen molar-refractivity contribution >= 4 is 24.0 Å². The molecule has 100 valence electrons. The maximum absolute atomic E-state index is 13.3. The van der Waals surface area contributed by atoms with Crippen LogP contribution >= 0.6 is 12.4 Å². The summed E-state index contributed by atoms with van der Waals surface area (Å²) in [6.07, 6.45) is 0.286. The maximum atomic E-state index is 13.3. The summed E-state index contributed by atoms with van der Waals surface area (Å²) in [4.78, 5) is 11.7. The molecular weight excluding hydrogens is 259 g/mol. The van der Waals surface area contributed by atoms with Gasteiger partial charge in [0.25, 0.3) is 0 Å². The molecular formula is C12H16ClFN2O2. The fourth-order valence-electron chi connectivity index (χ4n) is 1.74. The minimum Gasteiger partial charge on any atom is -0.378 e. The smallest absolute Gasteiger partial charge is 0.226 e. The predicted molar refractivity (Wildman–Crippen MR) is 69.5 cm³/mol. The van der Waals surface area contributed by atoms with Crippen molar-refractivity contribution in [1.82, 2.24) is 5.32 Å². The first-order valence-corrected chi connectivity index (χ1v) is 5.61. The minimum absolute atomic E-state index is 0. The average Bonchev–Trinajstić information content (AvgIpc) is 2.33. The Bertz CT molecular complexity index is 397. The summed E-state index contributed by atoms with van der Waals surface area (Å²) in [6.45, 7) is 1.94. The highest BCUT2D eigenvalue weighted by Gasteiger charge is 2.17. The number of benzene rings is 1. The number of carbonyl (C=O) groups excluding carboxylic acids is 1. The van der Waals surface area contributed by atoms with Crippen LogP contribution in [0.3, 0.4) is 0 Å². The Morgan fingerprint density at radius 3 is 2.94 bits per heavy atom. The number of carbonyl (C=O) groups is 1. The van der Waals surface area contributed by atoms with Gasteiger partial charge in [-0.25, -0.2) is 4.39 Å². The number of ether oxygens (including phenoxy) is 1. The van der Waals surface area contributed by atoms with Gasteiger partial charge >= 0.3 is 0 Å². The molecule has 4 nitrogen and oxygen atoms in total. The third-order valence-corrected chi connectivity index (χ3v) is 2.58. The first-order valence-electron chi connectivity index (χ1n) is 5.61. The Balaban J connectivity index is 0.00000162. The van der Waals surface area contributed by atoms with Crippen LogP contribution in [0, 0.1) is 5.82 Å². The van der Waals surface area contributed by atoms with Crippen LogP contribution in [0.1, 0.15) is 6.42 Å². The van der Waals surface area contributed by atoms with E-state index in [0.29, 0.717) is 13.2 Å². The summed E-state index contributed by atoms with van der Waals surface area (Å²) in [5.74, 6) is -0.633. The van der Waals surface area contributed by atoms with Gasteiger partial charge in [0, 0.05) is 19.0 Å². The van der Waals surface area contributed by atoms with Crippen molar-refractivity contribution in [2.75, 3.05) is 25.1 Å². The van der Waals surface area contributed by atoms with Gasteiger partial charge in [-0.1, -0.05) is 12.1 Å². The molecule has 1 heterocycles. The van der Waals surface area contributed by atoms with Crippen molar-refractivity contribution in [2.45, 2.75) is 12.5 Å². The average molecular weight is 275 g/mol. The summed E-state index contributed by atoms with van der Waals surface area (Å²) in [6, 6.07) is 6.13. The zero-order valence-electron chi connectivity index (χ0n) is 9.82. The lowest BCUT2D eigenvalue weighted by atomic mass is 10.2. The highest BCUT2D eigenvalue weighted by molar-refractivity contribution is 5.91. The normalized spacial score (nSPS) is 18.8. The molecule has 2 N–H and O–H groups in total. The van der Waals surface area contributed by atoms with Crippen LogP contribution in [0.25, 0.3) is 0 Å². The lowest BCUT2D eigenvalue weighted by molar-refractivity contribution is -0.117. The number of hydrogen-bond donors (Lipinski definition) is 2. The molecule has 1 fully saturated rings. The van der Waals surface area contributed by atoms with E-state index in [0.717, 1.165) is 6.54 Å². The summed E-state index contributed by atoms with van der Waals surface area (Å²) in [5.41, 5.74) is 0.217. The minimum atomic E-state index is -0.422. The Kier molecular flexibility index (Phi) is 6.04. The Morgan fingerprint density at radius 2 is 2.28 bits per heavy atom. The number of rotatable bonds is 3. The van der Waals surface area contributed by atoms with Crippen molar-refractivity contribution in [2.24, 2.45) is 0 Å². The van der Waals surface area contributed by atoms with Crippen LogP contribution in [-0.2, 0) is 9.53 Å². The van der Waals surface area contributed by atoms with Crippen molar-refractivity contribution in [3.63, 3.8) is 0 Å². The molecule has 1 aromatic rings. The summed E-state index contributed by atoms with van der Waals surface area (Å²) >= 11 is 0. The van der Waals surface area contributed by atoms with E-state index in [1.54, 1.807) is 12.1 Å². The van der Waals surface area contributed by atoms with E-state index >= 15 is 0 Å². The van der Waals surface area contributed by atoms with Crippen LogP contribution < -0.4 is 10.6 Å². The molecule has 0 aromatic heterocycles. The third-order valence-electron chi connectivity index (χ3n) is 2.58. The second-order valence-electron chi connectivity index (χ2n) is 3.96. The van der Waals surface area contributed by atoms with Crippen LogP contribution in [-0.4, -0.2) is 31.7 Å². The standard InChI is InChI=1S/C12H15FN2O2.ClH/c13-10-3-1-2-4-11(10)15-12(16)7-9-8-17-6-5-14-9;/h1-4,9,14H,5-8H2,(H,15,16);1H. The number of halogens is 2. The maximum Gasteiger partial charge on any atom is 0.226 e. The Morgan fingerprint density at radius 1 is 1.50 bits per heavy atom. The molecule has 1 amide bonds. The molecule has 1 aliphatic rings. The van der Waals surface area contributed by atoms with E-state index in [9.17, 15) is 9.18 Å². The molecule has 6 heteroatoms. The largest absolute Gasteiger partial charge is 0.378 e. The molecule has 0 bridgehead atoms. The summed E-state index contributed by atoms with van der Waals surface area (Å²) in [7, 11) is 0. The molecule has 18 heavy (non-hydrogen) atoms. The van der Waals surface area contributed by atoms with Gasteiger partial charge in [0.05, 0.1) is 18.9 Å². The molecule has 1 aliphatic heterocycles. The number of para-hydroxylation sites is 1. The van der Waals surface area contributed by atoms with Gasteiger partial charge in [-0.15, -0.1) is 12.4 Å². The lowest BCUT2D eigenvalue weighted by Gasteiger charge is -2.23. The van der Waals surface area contributed by atoms with Gasteiger partial charge < -0.3 is 15.4 Å². The van der Waals surface area contributed by atoms with E-state index in [4.69, 9.17) is 4.74 Å². The van der Waals surface area contributed by atoms with E-state index in [-0.39, 0.29) is 36.5 Å². The molecule has 0 saturated carbocycles. The van der Waals surface area contributed by atoms with Crippen LogP contribution in [0.4, 0.5) is 10.1 Å². The predicted octanol–water partition coefficient (Wildman–Crippen LogP) is 1.56. The van der Waals surface area contributed by atoms with Gasteiger partial charge in [0.2, 0.25) is 5.91 Å². The first-order chi connectivity index (χ1) is 8.25. The Hall–Kier alpha value is -1.17. The van der Waals surface area contributed by atoms with Gasteiger partial charge in [0.15, 0.2) is 0 Å². The molecule has 0 aliphatic carbocycles. The van der Waals surface area contributed by atoms with E-state index in [1.165, 1.54) is 12.1 Å². The van der Waals surface area contributed by atoms with E-state index < -0.39 is 5.82 Å². The molecule has 1 aromatic carbocycles. The number of hydrogen-bond acceptors (Lipinski definition) is 3. The lowest BCUT2D eigenvalue weighted by Crippen LogP contribution is -2.43. The molecule has 1 unspecified atom stereocenters. The molecule has 0 spiro atoms. The zero-order valence-corrected chi connectivity index (χ0v) is 10.6. The van der Waals surface area contributed by atoms with Crippen molar-refractivity contribution in [1.29, 1.82) is 0 Å². The SMILES string of the molecule is Cl.O=C(CC1COCCN1)Nc1ccccc1F.